The van der Waals surface area contributed by atoms with Gasteiger partial charge in [0, 0.05) is 12.3 Å². The van der Waals surface area contributed by atoms with Gasteiger partial charge in [0.15, 0.2) is 0 Å². The van der Waals surface area contributed by atoms with Gasteiger partial charge in [-0.2, -0.15) is 0 Å². The van der Waals surface area contributed by atoms with Crippen LogP contribution in [0.1, 0.15) is 59.8 Å². The van der Waals surface area contributed by atoms with E-state index in [-0.39, 0.29) is 23.1 Å². The first kappa shape index (κ1) is 14.2. The number of hydrogen-bond acceptors (Lipinski definition) is 2. The second-order valence-electron chi connectivity index (χ2n) is 5.63. The Kier molecular flexibility index (Phi) is 4.72. The molecule has 1 aliphatic rings. The summed E-state index contributed by atoms with van der Waals surface area (Å²) in [4.78, 5) is 23.7. The summed E-state index contributed by atoms with van der Waals surface area (Å²) in [6.07, 6.45) is 4.62. The number of hydrogen-bond donors (Lipinski definition) is 1. The fourth-order valence-corrected chi connectivity index (χ4v) is 3.27. The van der Waals surface area contributed by atoms with Crippen LogP contribution in [0.5, 0.6) is 0 Å². The van der Waals surface area contributed by atoms with Gasteiger partial charge >= 0.3 is 0 Å². The van der Waals surface area contributed by atoms with Crippen molar-refractivity contribution in [3.05, 3.63) is 0 Å². The van der Waals surface area contributed by atoms with E-state index in [2.05, 4.69) is 33.0 Å². The third-order valence-electron chi connectivity index (χ3n) is 4.12. The van der Waals surface area contributed by atoms with Crippen molar-refractivity contribution < 1.29 is 9.59 Å². The molecule has 1 fully saturated rings. The van der Waals surface area contributed by atoms with Crippen LogP contribution in [0.25, 0.3) is 0 Å². The number of amides is 2. The van der Waals surface area contributed by atoms with Crippen molar-refractivity contribution in [2.24, 2.45) is 17.3 Å². The molecule has 0 bridgehead atoms. The van der Waals surface area contributed by atoms with E-state index >= 15 is 0 Å². The lowest BCUT2D eigenvalue weighted by molar-refractivity contribution is -0.146. The molecular weight excluding hydrogens is 214 g/mol. The molecular formula is C14H25NO2. The summed E-state index contributed by atoms with van der Waals surface area (Å²) in [6.45, 7) is 8.42. The van der Waals surface area contributed by atoms with Gasteiger partial charge in [0.2, 0.25) is 11.8 Å². The second-order valence-corrected chi connectivity index (χ2v) is 5.63. The lowest BCUT2D eigenvalue weighted by atomic mass is 9.62. The van der Waals surface area contributed by atoms with E-state index in [1.807, 2.05) is 0 Å². The molecule has 0 aliphatic carbocycles. The third-order valence-corrected chi connectivity index (χ3v) is 4.12. The largest absolute Gasteiger partial charge is 0.296 e. The molecule has 2 unspecified atom stereocenters. The first-order chi connectivity index (χ1) is 7.96. The number of rotatable bonds is 5. The number of carbonyl (C=O) groups excluding carboxylic acids is 2. The molecule has 1 N–H and O–H groups in total. The molecule has 17 heavy (non-hydrogen) atoms. The zero-order valence-corrected chi connectivity index (χ0v) is 11.5. The molecule has 1 rings (SSSR count). The highest BCUT2D eigenvalue weighted by molar-refractivity contribution is 5.99. The van der Waals surface area contributed by atoms with Gasteiger partial charge in [-0.1, -0.05) is 40.5 Å². The molecule has 0 radical (unpaired) electrons. The summed E-state index contributed by atoms with van der Waals surface area (Å²) in [5.74, 6) is 0.121. The molecule has 1 saturated heterocycles. The average molecular weight is 239 g/mol. The summed E-state index contributed by atoms with van der Waals surface area (Å²) >= 11 is 0. The Morgan fingerprint density at radius 3 is 2.47 bits per heavy atom. The molecule has 2 atom stereocenters. The SMILES string of the molecule is CCCCC1(CC)CC(=O)NC(=O)C1C(C)C. The van der Waals surface area contributed by atoms with Crippen molar-refractivity contribution >= 4 is 11.8 Å². The van der Waals surface area contributed by atoms with Crippen molar-refractivity contribution in [2.45, 2.75) is 59.8 Å². The zero-order valence-electron chi connectivity index (χ0n) is 11.5. The Balaban J connectivity index is 3.00. The monoisotopic (exact) mass is 239 g/mol. The smallest absolute Gasteiger partial charge is 0.230 e. The molecule has 3 nitrogen and oxygen atoms in total. The van der Waals surface area contributed by atoms with E-state index in [0.29, 0.717) is 12.3 Å². The van der Waals surface area contributed by atoms with Crippen LogP contribution in [0.4, 0.5) is 0 Å². The van der Waals surface area contributed by atoms with Crippen molar-refractivity contribution in [1.82, 2.24) is 5.32 Å². The molecule has 0 saturated carbocycles. The molecule has 98 valence electrons. The number of imide groups is 1. The van der Waals surface area contributed by atoms with E-state index in [1.54, 1.807) is 0 Å². The third kappa shape index (κ3) is 2.88. The second kappa shape index (κ2) is 5.65. The highest BCUT2D eigenvalue weighted by atomic mass is 16.2. The minimum absolute atomic E-state index is 0.0169. The fraction of sp³-hybridized carbons (Fsp3) is 0.857. The van der Waals surface area contributed by atoms with Gasteiger partial charge in [0.1, 0.15) is 0 Å². The van der Waals surface area contributed by atoms with Crippen LogP contribution in [-0.2, 0) is 9.59 Å². The Labute approximate surface area is 104 Å². The van der Waals surface area contributed by atoms with Crippen LogP contribution in [0.2, 0.25) is 0 Å². The zero-order chi connectivity index (χ0) is 13.1. The molecule has 0 aromatic carbocycles. The van der Waals surface area contributed by atoms with Crippen LogP contribution in [-0.4, -0.2) is 11.8 Å². The van der Waals surface area contributed by atoms with Gasteiger partial charge in [0.05, 0.1) is 0 Å². The first-order valence-electron chi connectivity index (χ1n) is 6.80. The molecule has 1 heterocycles. The van der Waals surface area contributed by atoms with Crippen molar-refractivity contribution in [3.8, 4) is 0 Å². The summed E-state index contributed by atoms with van der Waals surface area (Å²) in [6, 6.07) is 0. The maximum absolute atomic E-state index is 12.1. The maximum atomic E-state index is 12.1. The molecule has 3 heteroatoms. The number of unbranched alkanes of at least 4 members (excludes halogenated alkanes) is 1. The molecule has 0 aromatic heterocycles. The van der Waals surface area contributed by atoms with Crippen molar-refractivity contribution in [2.75, 3.05) is 0 Å². The number of piperidine rings is 1. The Morgan fingerprint density at radius 1 is 1.35 bits per heavy atom. The Hall–Kier alpha value is -0.860. The molecule has 0 aromatic rings. The van der Waals surface area contributed by atoms with E-state index in [1.165, 1.54) is 0 Å². The minimum atomic E-state index is -0.108. The van der Waals surface area contributed by atoms with Gasteiger partial charge < -0.3 is 0 Å². The molecule has 0 spiro atoms. The maximum Gasteiger partial charge on any atom is 0.230 e. The first-order valence-corrected chi connectivity index (χ1v) is 6.80. The highest BCUT2D eigenvalue weighted by Gasteiger charge is 2.47. The van der Waals surface area contributed by atoms with Crippen molar-refractivity contribution in [3.63, 3.8) is 0 Å². The highest BCUT2D eigenvalue weighted by Crippen LogP contribution is 2.46. The van der Waals surface area contributed by atoms with Crippen LogP contribution in [0, 0.1) is 17.3 Å². The lowest BCUT2D eigenvalue weighted by Crippen LogP contribution is -2.53. The van der Waals surface area contributed by atoms with E-state index in [4.69, 9.17) is 0 Å². The summed E-state index contributed by atoms with van der Waals surface area (Å²) in [5.41, 5.74) is -0.108. The average Bonchev–Trinajstić information content (AvgIpc) is 2.24. The van der Waals surface area contributed by atoms with Crippen LogP contribution in [0.3, 0.4) is 0 Å². The summed E-state index contributed by atoms with van der Waals surface area (Å²) in [7, 11) is 0. The van der Waals surface area contributed by atoms with Gasteiger partial charge in [-0.05, 0) is 24.2 Å². The summed E-state index contributed by atoms with van der Waals surface area (Å²) < 4.78 is 0. The van der Waals surface area contributed by atoms with E-state index in [0.717, 1.165) is 25.7 Å². The number of carbonyl (C=O) groups is 2. The predicted molar refractivity (Wildman–Crippen MR) is 68.3 cm³/mol. The summed E-state index contributed by atoms with van der Waals surface area (Å²) in [5, 5.41) is 2.50. The quantitative estimate of drug-likeness (QED) is 0.750. The van der Waals surface area contributed by atoms with Gasteiger partial charge in [-0.25, -0.2) is 0 Å². The van der Waals surface area contributed by atoms with Gasteiger partial charge in [-0.3, -0.25) is 14.9 Å². The van der Waals surface area contributed by atoms with Crippen LogP contribution in [0.15, 0.2) is 0 Å². The Bertz CT molecular complexity index is 299. The normalized spacial score (nSPS) is 29.6. The number of nitrogens with one attached hydrogen (secondary N) is 1. The van der Waals surface area contributed by atoms with Gasteiger partial charge in [0.25, 0.3) is 0 Å². The topological polar surface area (TPSA) is 46.2 Å². The van der Waals surface area contributed by atoms with E-state index in [9.17, 15) is 9.59 Å². The Morgan fingerprint density at radius 2 is 2.00 bits per heavy atom. The van der Waals surface area contributed by atoms with Crippen molar-refractivity contribution in [1.29, 1.82) is 0 Å². The van der Waals surface area contributed by atoms with Crippen LogP contribution >= 0.6 is 0 Å². The predicted octanol–water partition coefficient (Wildman–Crippen LogP) is 2.89. The minimum Gasteiger partial charge on any atom is -0.296 e. The van der Waals surface area contributed by atoms with Crippen LogP contribution < -0.4 is 5.32 Å². The lowest BCUT2D eigenvalue weighted by Gasteiger charge is -2.44. The van der Waals surface area contributed by atoms with Gasteiger partial charge in [-0.15, -0.1) is 0 Å². The van der Waals surface area contributed by atoms with E-state index < -0.39 is 0 Å². The fourth-order valence-electron chi connectivity index (χ4n) is 3.27. The molecule has 2 amide bonds. The standard InChI is InChI=1S/C14H25NO2/c1-5-7-8-14(6-2)9-11(16)15-13(17)12(14)10(3)4/h10,12H,5-9H2,1-4H3,(H,15,16,17). The molecule has 1 aliphatic heterocycles.